The summed E-state index contributed by atoms with van der Waals surface area (Å²) in [4.78, 5) is 26.9. The van der Waals surface area contributed by atoms with E-state index < -0.39 is 0 Å². The van der Waals surface area contributed by atoms with Gasteiger partial charge >= 0.3 is 6.03 Å². The fraction of sp³-hybridized carbons (Fsp3) is 0.500. The maximum absolute atomic E-state index is 13.2. The van der Waals surface area contributed by atoms with Crippen molar-refractivity contribution in [2.45, 2.75) is 57.9 Å². The molecular formula is C28H36FN3O2. The fourth-order valence-corrected chi connectivity index (χ4v) is 5.54. The first-order valence-electron chi connectivity index (χ1n) is 12.6. The molecular weight excluding hydrogens is 429 g/mol. The van der Waals surface area contributed by atoms with Crippen LogP contribution in [-0.2, 0) is 6.42 Å². The Morgan fingerprint density at radius 3 is 2.62 bits per heavy atom. The number of carbonyl (C=O) groups excluding carboxylic acids is 2. The minimum absolute atomic E-state index is 0.0179. The molecule has 6 heteroatoms. The zero-order valence-electron chi connectivity index (χ0n) is 20.1. The molecule has 182 valence electrons. The Bertz CT molecular complexity index is 978. The Hall–Kier alpha value is -2.73. The van der Waals surface area contributed by atoms with Crippen LogP contribution in [0.25, 0.3) is 0 Å². The average molecular weight is 466 g/mol. The maximum Gasteiger partial charge on any atom is 0.319 e. The van der Waals surface area contributed by atoms with Gasteiger partial charge in [-0.05, 0) is 87.2 Å². The number of anilines is 1. The molecule has 34 heavy (non-hydrogen) atoms. The SMILES string of the molecule is CC(=O)c1cccc(NC(=O)N[C@@H]2CCCC[C@H]2CN2CCC[C@H](Cc3ccc(F)cc3)C2)c1. The minimum Gasteiger partial charge on any atom is -0.335 e. The number of rotatable bonds is 7. The summed E-state index contributed by atoms with van der Waals surface area (Å²) in [7, 11) is 0. The van der Waals surface area contributed by atoms with Crippen molar-refractivity contribution in [2.24, 2.45) is 11.8 Å². The van der Waals surface area contributed by atoms with Crippen LogP contribution in [0.5, 0.6) is 0 Å². The monoisotopic (exact) mass is 465 g/mol. The second-order valence-electron chi connectivity index (χ2n) is 9.98. The van der Waals surface area contributed by atoms with E-state index in [1.54, 1.807) is 36.4 Å². The molecule has 2 aromatic carbocycles. The molecule has 2 aromatic rings. The molecule has 2 N–H and O–H groups in total. The number of piperidine rings is 1. The molecule has 0 unspecified atom stereocenters. The summed E-state index contributed by atoms with van der Waals surface area (Å²) in [5.41, 5.74) is 2.43. The van der Waals surface area contributed by atoms with Crippen molar-refractivity contribution in [2.75, 3.05) is 25.0 Å². The molecule has 4 rings (SSSR count). The van der Waals surface area contributed by atoms with Crippen molar-refractivity contribution < 1.29 is 14.0 Å². The third-order valence-corrected chi connectivity index (χ3v) is 7.29. The van der Waals surface area contributed by atoms with Gasteiger partial charge in [-0.3, -0.25) is 4.79 Å². The average Bonchev–Trinajstić information content (AvgIpc) is 2.82. The van der Waals surface area contributed by atoms with Crippen LogP contribution >= 0.6 is 0 Å². The predicted molar refractivity (Wildman–Crippen MR) is 134 cm³/mol. The number of amides is 2. The van der Waals surface area contributed by atoms with Crippen molar-refractivity contribution in [1.29, 1.82) is 0 Å². The molecule has 5 nitrogen and oxygen atoms in total. The molecule has 1 aliphatic heterocycles. The van der Waals surface area contributed by atoms with Crippen molar-refractivity contribution in [3.05, 3.63) is 65.5 Å². The quantitative estimate of drug-likeness (QED) is 0.519. The van der Waals surface area contributed by atoms with Gasteiger partial charge in [0.25, 0.3) is 0 Å². The van der Waals surface area contributed by atoms with Crippen molar-refractivity contribution in [3.8, 4) is 0 Å². The highest BCUT2D eigenvalue weighted by Gasteiger charge is 2.30. The van der Waals surface area contributed by atoms with E-state index in [2.05, 4.69) is 15.5 Å². The third-order valence-electron chi connectivity index (χ3n) is 7.29. The first kappa shape index (κ1) is 24.4. The standard InChI is InChI=1S/C28H36FN3O2/c1-20(33)23-8-4-9-26(17-23)30-28(34)31-27-10-3-2-7-24(27)19-32-15-5-6-22(18-32)16-21-11-13-25(29)14-12-21/h4,8-9,11-14,17,22,24,27H,2-3,5-7,10,15-16,18-19H2,1H3,(H2,30,31,34)/t22-,24+,27-/m1/s1. The topological polar surface area (TPSA) is 61.4 Å². The number of nitrogens with zero attached hydrogens (tertiary/aromatic N) is 1. The van der Waals surface area contributed by atoms with Gasteiger partial charge in [-0.2, -0.15) is 0 Å². The lowest BCUT2D eigenvalue weighted by atomic mass is 9.83. The number of carbonyl (C=O) groups is 2. The molecule has 1 heterocycles. The number of benzene rings is 2. The summed E-state index contributed by atoms with van der Waals surface area (Å²) in [5, 5.41) is 6.12. The maximum atomic E-state index is 13.2. The Morgan fingerprint density at radius 2 is 1.82 bits per heavy atom. The van der Waals surface area contributed by atoms with E-state index in [1.165, 1.54) is 31.7 Å². The lowest BCUT2D eigenvalue weighted by Gasteiger charge is -2.39. The summed E-state index contributed by atoms with van der Waals surface area (Å²) in [6, 6.07) is 13.9. The van der Waals surface area contributed by atoms with E-state index in [4.69, 9.17) is 0 Å². The third kappa shape index (κ3) is 6.89. The van der Waals surface area contributed by atoms with Gasteiger partial charge in [0.2, 0.25) is 0 Å². The zero-order valence-corrected chi connectivity index (χ0v) is 20.1. The molecule has 0 bridgehead atoms. The van der Waals surface area contributed by atoms with Crippen LogP contribution in [0.1, 0.15) is 61.4 Å². The van der Waals surface area contributed by atoms with Gasteiger partial charge < -0.3 is 15.5 Å². The zero-order chi connectivity index (χ0) is 23.9. The first-order valence-corrected chi connectivity index (χ1v) is 12.6. The fourth-order valence-electron chi connectivity index (χ4n) is 5.54. The number of likely N-dealkylation sites (tertiary alicyclic amines) is 1. The van der Waals surface area contributed by atoms with Crippen molar-refractivity contribution in [1.82, 2.24) is 10.2 Å². The van der Waals surface area contributed by atoms with Gasteiger partial charge in [-0.25, -0.2) is 9.18 Å². The molecule has 2 fully saturated rings. The molecule has 3 atom stereocenters. The second kappa shape index (κ2) is 11.6. The largest absolute Gasteiger partial charge is 0.335 e. The number of ketones is 1. The lowest BCUT2D eigenvalue weighted by Crippen LogP contribution is -2.49. The normalized spacial score (nSPS) is 23.3. The highest BCUT2D eigenvalue weighted by Crippen LogP contribution is 2.28. The van der Waals surface area contributed by atoms with Crippen LogP contribution in [0.4, 0.5) is 14.9 Å². The van der Waals surface area contributed by atoms with Gasteiger partial charge in [0.15, 0.2) is 5.78 Å². The number of Topliss-reactive ketones (excluding diaryl/α,β-unsaturated/α-hetero) is 1. The molecule has 2 aliphatic rings. The van der Waals surface area contributed by atoms with E-state index in [0.29, 0.717) is 23.1 Å². The Kier molecular flexibility index (Phi) is 8.33. The molecule has 1 saturated heterocycles. The Balaban J connectivity index is 1.30. The number of hydrogen-bond acceptors (Lipinski definition) is 3. The van der Waals surface area contributed by atoms with Crippen LogP contribution in [0, 0.1) is 17.7 Å². The second-order valence-corrected chi connectivity index (χ2v) is 9.98. The number of urea groups is 1. The number of nitrogens with one attached hydrogen (secondary N) is 2. The summed E-state index contributed by atoms with van der Waals surface area (Å²) < 4.78 is 13.2. The van der Waals surface area contributed by atoms with Gasteiger partial charge in [0, 0.05) is 30.4 Å². The summed E-state index contributed by atoms with van der Waals surface area (Å²) in [6.07, 6.45) is 7.85. The molecule has 0 aromatic heterocycles. The number of halogens is 1. The Labute approximate surface area is 202 Å². The van der Waals surface area contributed by atoms with E-state index in [0.717, 1.165) is 45.3 Å². The number of hydrogen-bond donors (Lipinski definition) is 2. The predicted octanol–water partition coefficient (Wildman–Crippen LogP) is 5.66. The smallest absolute Gasteiger partial charge is 0.319 e. The highest BCUT2D eigenvalue weighted by molar-refractivity contribution is 5.96. The Morgan fingerprint density at radius 1 is 1.03 bits per heavy atom. The van der Waals surface area contributed by atoms with Crippen molar-refractivity contribution >= 4 is 17.5 Å². The molecule has 1 aliphatic carbocycles. The van der Waals surface area contributed by atoms with E-state index in [1.807, 2.05) is 12.1 Å². The van der Waals surface area contributed by atoms with Crippen LogP contribution in [-0.4, -0.2) is 42.4 Å². The molecule has 2 amide bonds. The van der Waals surface area contributed by atoms with Crippen LogP contribution in [0.15, 0.2) is 48.5 Å². The van der Waals surface area contributed by atoms with Gasteiger partial charge in [-0.1, -0.05) is 37.1 Å². The molecule has 1 saturated carbocycles. The van der Waals surface area contributed by atoms with Crippen LogP contribution < -0.4 is 10.6 Å². The highest BCUT2D eigenvalue weighted by atomic mass is 19.1. The summed E-state index contributed by atoms with van der Waals surface area (Å²) >= 11 is 0. The van der Waals surface area contributed by atoms with E-state index in [-0.39, 0.29) is 23.7 Å². The molecule has 0 spiro atoms. The molecule has 0 radical (unpaired) electrons. The van der Waals surface area contributed by atoms with Crippen molar-refractivity contribution in [3.63, 3.8) is 0 Å². The first-order chi connectivity index (χ1) is 16.5. The minimum atomic E-state index is -0.203. The van der Waals surface area contributed by atoms with Gasteiger partial charge in [-0.15, -0.1) is 0 Å². The summed E-state index contributed by atoms with van der Waals surface area (Å²) in [5.74, 6) is 0.829. The van der Waals surface area contributed by atoms with Crippen LogP contribution in [0.3, 0.4) is 0 Å². The van der Waals surface area contributed by atoms with Gasteiger partial charge in [0.05, 0.1) is 0 Å². The lowest BCUT2D eigenvalue weighted by molar-refractivity contribution is 0.101. The van der Waals surface area contributed by atoms with Gasteiger partial charge in [0.1, 0.15) is 5.82 Å². The van der Waals surface area contributed by atoms with Crippen LogP contribution in [0.2, 0.25) is 0 Å². The van der Waals surface area contributed by atoms with E-state index >= 15 is 0 Å². The summed E-state index contributed by atoms with van der Waals surface area (Å²) in [6.45, 7) is 4.69. The van der Waals surface area contributed by atoms with E-state index in [9.17, 15) is 14.0 Å².